The third-order valence-corrected chi connectivity index (χ3v) is 1.38. The third kappa shape index (κ3) is 9.84. The maximum absolute atomic E-state index is 5.30. The van der Waals surface area contributed by atoms with Crippen LogP contribution in [0.5, 0.6) is 0 Å². The molecule has 0 amide bonds. The lowest BCUT2D eigenvalue weighted by molar-refractivity contribution is 0.104. The van der Waals surface area contributed by atoms with Gasteiger partial charge in [0.1, 0.15) is 0 Å². The lowest BCUT2D eigenvalue weighted by Gasteiger charge is -2.04. The van der Waals surface area contributed by atoms with Crippen LogP contribution >= 0.6 is 0 Å². The largest absolute Gasteiger partial charge is 0.385 e. The molecule has 0 saturated carbocycles. The van der Waals surface area contributed by atoms with Gasteiger partial charge in [0.2, 0.25) is 0 Å². The molecule has 0 aromatic carbocycles. The van der Waals surface area contributed by atoms with Crippen LogP contribution in [0, 0.1) is 0 Å². The molecule has 4 nitrogen and oxygen atoms in total. The first-order valence-corrected chi connectivity index (χ1v) is 4.39. The molecule has 0 saturated heterocycles. The number of rotatable bonds is 9. The summed E-state index contributed by atoms with van der Waals surface area (Å²) in [5.74, 6) is 0. The quantitative estimate of drug-likeness (QED) is 0.469. The lowest BCUT2D eigenvalue weighted by atomic mass is 10.5. The van der Waals surface area contributed by atoms with Crippen molar-refractivity contribution in [2.75, 3.05) is 46.6 Å². The zero-order valence-corrected chi connectivity index (χ0v) is 7.84. The van der Waals surface area contributed by atoms with Gasteiger partial charge in [-0.25, -0.2) is 0 Å². The Morgan fingerprint density at radius 3 is 2.67 bits per heavy atom. The van der Waals surface area contributed by atoms with E-state index in [1.807, 2.05) is 0 Å². The number of ether oxygens (including phenoxy) is 2. The van der Waals surface area contributed by atoms with Crippen LogP contribution in [0.2, 0.25) is 0 Å². The maximum Gasteiger partial charge on any atom is 0.0590 e. The molecule has 0 atom stereocenters. The van der Waals surface area contributed by atoms with E-state index in [1.165, 1.54) is 0 Å². The van der Waals surface area contributed by atoms with E-state index in [0.29, 0.717) is 6.54 Å². The SMILES string of the molecule is COCCCOCCNCCN. The Balaban J connectivity index is 2.73. The highest BCUT2D eigenvalue weighted by Gasteiger charge is 1.88. The first-order valence-electron chi connectivity index (χ1n) is 4.39. The molecule has 0 unspecified atom stereocenters. The van der Waals surface area contributed by atoms with E-state index < -0.39 is 0 Å². The Morgan fingerprint density at radius 1 is 1.17 bits per heavy atom. The average molecular weight is 176 g/mol. The Bertz CT molecular complexity index is 71.5. The number of hydrogen-bond acceptors (Lipinski definition) is 4. The molecule has 12 heavy (non-hydrogen) atoms. The van der Waals surface area contributed by atoms with Crippen LogP contribution in [-0.4, -0.2) is 46.6 Å². The molecule has 0 radical (unpaired) electrons. The topological polar surface area (TPSA) is 56.5 Å². The van der Waals surface area contributed by atoms with Crippen molar-refractivity contribution in [2.45, 2.75) is 6.42 Å². The van der Waals surface area contributed by atoms with Gasteiger partial charge < -0.3 is 20.5 Å². The fourth-order valence-electron chi connectivity index (χ4n) is 0.779. The summed E-state index contributed by atoms with van der Waals surface area (Å²) in [6.45, 7) is 4.73. The van der Waals surface area contributed by atoms with E-state index in [9.17, 15) is 0 Å². The second-order valence-electron chi connectivity index (χ2n) is 2.50. The van der Waals surface area contributed by atoms with E-state index in [0.717, 1.165) is 39.3 Å². The van der Waals surface area contributed by atoms with Gasteiger partial charge in [0, 0.05) is 40.0 Å². The van der Waals surface area contributed by atoms with Crippen molar-refractivity contribution in [3.05, 3.63) is 0 Å². The molecular formula is C8H20N2O2. The summed E-state index contributed by atoms with van der Waals surface area (Å²) in [5, 5.41) is 3.14. The molecule has 0 fully saturated rings. The van der Waals surface area contributed by atoms with Crippen molar-refractivity contribution in [1.82, 2.24) is 5.32 Å². The highest BCUT2D eigenvalue weighted by molar-refractivity contribution is 4.45. The molecule has 0 aliphatic heterocycles. The number of methoxy groups -OCH3 is 1. The van der Waals surface area contributed by atoms with Crippen LogP contribution in [0.3, 0.4) is 0 Å². The van der Waals surface area contributed by atoms with Crippen LogP contribution in [0.4, 0.5) is 0 Å². The van der Waals surface area contributed by atoms with Crippen molar-refractivity contribution in [3.8, 4) is 0 Å². The zero-order valence-electron chi connectivity index (χ0n) is 7.84. The minimum absolute atomic E-state index is 0.684. The van der Waals surface area contributed by atoms with Crippen molar-refractivity contribution in [3.63, 3.8) is 0 Å². The summed E-state index contributed by atoms with van der Waals surface area (Å²) < 4.78 is 10.2. The Hall–Kier alpha value is -0.160. The minimum atomic E-state index is 0.684. The molecule has 74 valence electrons. The smallest absolute Gasteiger partial charge is 0.0590 e. The van der Waals surface area contributed by atoms with Crippen LogP contribution in [0.15, 0.2) is 0 Å². The second-order valence-corrected chi connectivity index (χ2v) is 2.50. The molecule has 0 aliphatic rings. The lowest BCUT2D eigenvalue weighted by Crippen LogP contribution is -2.26. The average Bonchev–Trinajstić information content (AvgIpc) is 2.10. The highest BCUT2D eigenvalue weighted by Crippen LogP contribution is 1.82. The summed E-state index contributed by atoms with van der Waals surface area (Å²) >= 11 is 0. The molecule has 3 N–H and O–H groups in total. The van der Waals surface area contributed by atoms with Gasteiger partial charge in [-0.1, -0.05) is 0 Å². The van der Waals surface area contributed by atoms with Gasteiger partial charge in [0.05, 0.1) is 6.61 Å². The van der Waals surface area contributed by atoms with E-state index in [4.69, 9.17) is 15.2 Å². The minimum Gasteiger partial charge on any atom is -0.385 e. The molecule has 4 heteroatoms. The number of nitrogens with two attached hydrogens (primary N) is 1. The van der Waals surface area contributed by atoms with Crippen molar-refractivity contribution in [2.24, 2.45) is 5.73 Å². The first-order chi connectivity index (χ1) is 5.91. The molecule has 0 aromatic rings. The molecule has 0 aliphatic carbocycles. The Labute approximate surface area is 74.4 Å². The Kier molecular flexibility index (Phi) is 10.7. The van der Waals surface area contributed by atoms with Gasteiger partial charge in [-0.3, -0.25) is 0 Å². The number of nitrogens with one attached hydrogen (secondary N) is 1. The van der Waals surface area contributed by atoms with Crippen molar-refractivity contribution < 1.29 is 9.47 Å². The van der Waals surface area contributed by atoms with Crippen molar-refractivity contribution >= 4 is 0 Å². The van der Waals surface area contributed by atoms with Gasteiger partial charge in [0.25, 0.3) is 0 Å². The summed E-state index contributed by atoms with van der Waals surface area (Å²) in [7, 11) is 1.70. The monoisotopic (exact) mass is 176 g/mol. The standard InChI is InChI=1S/C8H20N2O2/c1-11-6-2-7-12-8-5-10-4-3-9/h10H,2-9H2,1H3. The van der Waals surface area contributed by atoms with Gasteiger partial charge in [-0.2, -0.15) is 0 Å². The van der Waals surface area contributed by atoms with Gasteiger partial charge in [-0.15, -0.1) is 0 Å². The van der Waals surface area contributed by atoms with E-state index >= 15 is 0 Å². The molecular weight excluding hydrogens is 156 g/mol. The first kappa shape index (κ1) is 11.8. The summed E-state index contributed by atoms with van der Waals surface area (Å²) in [4.78, 5) is 0. The molecule has 0 rings (SSSR count). The normalized spacial score (nSPS) is 10.5. The summed E-state index contributed by atoms with van der Waals surface area (Å²) in [6, 6.07) is 0. The van der Waals surface area contributed by atoms with Gasteiger partial charge in [-0.05, 0) is 6.42 Å². The third-order valence-electron chi connectivity index (χ3n) is 1.38. The van der Waals surface area contributed by atoms with Crippen LogP contribution in [-0.2, 0) is 9.47 Å². The van der Waals surface area contributed by atoms with Crippen LogP contribution < -0.4 is 11.1 Å². The van der Waals surface area contributed by atoms with E-state index in [-0.39, 0.29) is 0 Å². The molecule has 0 aromatic heterocycles. The zero-order chi connectivity index (χ0) is 9.07. The number of hydrogen-bond donors (Lipinski definition) is 2. The van der Waals surface area contributed by atoms with Crippen LogP contribution in [0.1, 0.15) is 6.42 Å². The van der Waals surface area contributed by atoms with Crippen molar-refractivity contribution in [1.29, 1.82) is 0 Å². The molecule has 0 heterocycles. The predicted octanol–water partition coefficient (Wildman–Crippen LogP) is -0.412. The predicted molar refractivity (Wildman–Crippen MR) is 49.2 cm³/mol. The summed E-state index contributed by atoms with van der Waals surface area (Å²) in [5.41, 5.74) is 5.29. The fourth-order valence-corrected chi connectivity index (χ4v) is 0.779. The second kappa shape index (κ2) is 10.8. The summed E-state index contributed by atoms with van der Waals surface area (Å²) in [6.07, 6.45) is 0.966. The van der Waals surface area contributed by atoms with Gasteiger partial charge >= 0.3 is 0 Å². The fraction of sp³-hybridized carbons (Fsp3) is 1.00. The highest BCUT2D eigenvalue weighted by atomic mass is 16.5. The van der Waals surface area contributed by atoms with E-state index in [2.05, 4.69) is 5.32 Å². The Morgan fingerprint density at radius 2 is 2.00 bits per heavy atom. The van der Waals surface area contributed by atoms with Gasteiger partial charge in [0.15, 0.2) is 0 Å². The molecule has 0 spiro atoms. The van der Waals surface area contributed by atoms with Crippen LogP contribution in [0.25, 0.3) is 0 Å². The molecule has 0 bridgehead atoms. The maximum atomic E-state index is 5.30. The van der Waals surface area contributed by atoms with E-state index in [1.54, 1.807) is 7.11 Å².